The maximum absolute atomic E-state index is 13.9. The summed E-state index contributed by atoms with van der Waals surface area (Å²) in [4.78, 5) is 26.6. The molecule has 0 radical (unpaired) electrons. The van der Waals surface area contributed by atoms with Gasteiger partial charge in [-0.15, -0.1) is 0 Å². The van der Waals surface area contributed by atoms with Crippen LogP contribution in [-0.2, 0) is 11.2 Å². The average Bonchev–Trinajstić information content (AvgIpc) is 3.39. The quantitative estimate of drug-likeness (QED) is 0.149. The molecule has 0 atom stereocenters. The number of carboxylic acids is 1. The van der Waals surface area contributed by atoms with Gasteiger partial charge in [0.15, 0.2) is 17.3 Å². The van der Waals surface area contributed by atoms with Crippen molar-refractivity contribution < 1.29 is 63.2 Å². The third-order valence-electron chi connectivity index (χ3n) is 5.92. The van der Waals surface area contributed by atoms with Crippen molar-refractivity contribution in [1.82, 2.24) is 8.75 Å². The zero-order chi connectivity index (χ0) is 28.1. The molecular formula is C29H27N2NaO7S. The first-order valence-corrected chi connectivity index (χ1v) is 12.8. The van der Waals surface area contributed by atoms with E-state index in [0.717, 1.165) is 11.7 Å². The van der Waals surface area contributed by atoms with Crippen LogP contribution in [0.5, 0.6) is 23.0 Å². The molecular weight excluding hydrogens is 543 g/mol. The van der Waals surface area contributed by atoms with Crippen LogP contribution in [0.15, 0.2) is 60.2 Å². The van der Waals surface area contributed by atoms with E-state index in [1.54, 1.807) is 54.6 Å². The summed E-state index contributed by atoms with van der Waals surface area (Å²) < 4.78 is 30.4. The zero-order valence-corrected chi connectivity index (χ0v) is 26.0. The smallest absolute Gasteiger partial charge is 0.545 e. The fourth-order valence-electron chi connectivity index (χ4n) is 4.21. The number of hydrogen-bond acceptors (Lipinski definition) is 10. The Morgan fingerprint density at radius 1 is 0.850 bits per heavy atom. The Bertz CT molecular complexity index is 1520. The second-order valence-electron chi connectivity index (χ2n) is 8.84. The summed E-state index contributed by atoms with van der Waals surface area (Å²) >= 11 is 1.02. The molecule has 0 amide bonds. The molecule has 0 fully saturated rings. The molecule has 4 aromatic rings. The number of allylic oxidation sites excluding steroid dienone is 1. The number of rotatable bonds is 11. The van der Waals surface area contributed by atoms with Crippen LogP contribution in [0.1, 0.15) is 35.3 Å². The van der Waals surface area contributed by atoms with Crippen LogP contribution in [0.4, 0.5) is 0 Å². The number of fused-ring (bicyclic) bond motifs is 1. The van der Waals surface area contributed by atoms with Gasteiger partial charge in [-0.2, -0.15) is 8.75 Å². The van der Waals surface area contributed by atoms with E-state index >= 15 is 0 Å². The second-order valence-corrected chi connectivity index (χ2v) is 9.37. The van der Waals surface area contributed by atoms with Gasteiger partial charge in [0.2, 0.25) is 5.75 Å². The summed E-state index contributed by atoms with van der Waals surface area (Å²) in [5.41, 5.74) is 2.07. The number of aliphatic carboxylic acids is 1. The number of Topliss-reactive ketones (excluding diaryl/α,β-unsaturated/α-hetero) is 1. The van der Waals surface area contributed by atoms with Crippen LogP contribution < -0.4 is 53.6 Å². The minimum Gasteiger partial charge on any atom is -0.545 e. The van der Waals surface area contributed by atoms with E-state index in [1.807, 2.05) is 13.8 Å². The SMILES string of the molecule is COc1cc(C/C(C(=O)c2ccc(OC(C)C)cc2)=C(\C(=O)[O-])c2ccc3nsnc3c2)cc(OC)c1OC.[Na+]. The minimum absolute atomic E-state index is 0. The Balaban J connectivity index is 0.00000441. The minimum atomic E-state index is -1.49. The molecule has 1 heterocycles. The predicted octanol–water partition coefficient (Wildman–Crippen LogP) is 1.14. The summed E-state index contributed by atoms with van der Waals surface area (Å²) in [5.74, 6) is -0.248. The Hall–Kier alpha value is -3.44. The van der Waals surface area contributed by atoms with Crippen LogP contribution in [0.3, 0.4) is 0 Å². The number of nitrogens with zero attached hydrogens (tertiary/aromatic N) is 2. The number of ether oxygens (including phenoxy) is 4. The fraction of sp³-hybridized carbons (Fsp3) is 0.241. The molecule has 0 saturated carbocycles. The van der Waals surface area contributed by atoms with Gasteiger partial charge in [0.25, 0.3) is 0 Å². The van der Waals surface area contributed by atoms with Crippen LogP contribution in [0, 0.1) is 0 Å². The summed E-state index contributed by atoms with van der Waals surface area (Å²) in [5, 5.41) is 12.6. The van der Waals surface area contributed by atoms with Crippen molar-refractivity contribution in [3.8, 4) is 23.0 Å². The molecule has 0 aliphatic carbocycles. The first-order valence-electron chi connectivity index (χ1n) is 12.0. The van der Waals surface area contributed by atoms with Crippen molar-refractivity contribution in [3.05, 3.63) is 76.9 Å². The topological polar surface area (TPSA) is 120 Å². The van der Waals surface area contributed by atoms with E-state index in [1.165, 1.54) is 21.3 Å². The second kappa shape index (κ2) is 13.8. The Morgan fingerprint density at radius 2 is 1.45 bits per heavy atom. The third kappa shape index (κ3) is 6.82. The Labute approximate surface area is 258 Å². The van der Waals surface area contributed by atoms with Crippen molar-refractivity contribution in [3.63, 3.8) is 0 Å². The molecule has 0 aliphatic heterocycles. The molecule has 0 saturated heterocycles. The van der Waals surface area contributed by atoms with Crippen LogP contribution in [-0.4, -0.2) is 47.9 Å². The summed E-state index contributed by atoms with van der Waals surface area (Å²) in [6.07, 6.45) is -0.0990. The van der Waals surface area contributed by atoms with Crippen LogP contribution >= 0.6 is 11.7 Å². The Morgan fingerprint density at radius 3 is 2.00 bits per heavy atom. The maximum atomic E-state index is 13.9. The van der Waals surface area contributed by atoms with Gasteiger partial charge in [0.1, 0.15) is 16.8 Å². The molecule has 9 nitrogen and oxygen atoms in total. The molecule has 40 heavy (non-hydrogen) atoms. The summed E-state index contributed by atoms with van der Waals surface area (Å²) in [7, 11) is 4.44. The molecule has 11 heteroatoms. The molecule has 0 bridgehead atoms. The zero-order valence-electron chi connectivity index (χ0n) is 23.1. The predicted molar refractivity (Wildman–Crippen MR) is 146 cm³/mol. The van der Waals surface area contributed by atoms with Crippen LogP contribution in [0.25, 0.3) is 16.6 Å². The molecule has 0 N–H and O–H groups in total. The van der Waals surface area contributed by atoms with E-state index in [0.29, 0.717) is 45.2 Å². The van der Waals surface area contributed by atoms with Crippen molar-refractivity contribution in [1.29, 1.82) is 0 Å². The van der Waals surface area contributed by atoms with Crippen molar-refractivity contribution >= 4 is 40.1 Å². The number of aromatic nitrogens is 2. The molecule has 202 valence electrons. The molecule has 0 aliphatic rings. The maximum Gasteiger partial charge on any atom is 1.00 e. The van der Waals surface area contributed by atoms with Crippen molar-refractivity contribution in [2.45, 2.75) is 26.4 Å². The first-order chi connectivity index (χ1) is 18.7. The summed E-state index contributed by atoms with van der Waals surface area (Å²) in [6.45, 7) is 3.80. The number of methoxy groups -OCH3 is 3. The van der Waals surface area contributed by atoms with E-state index < -0.39 is 11.8 Å². The molecule has 0 unspecified atom stereocenters. The normalized spacial score (nSPS) is 11.4. The van der Waals surface area contributed by atoms with E-state index in [4.69, 9.17) is 18.9 Å². The Kier molecular flexibility index (Phi) is 10.7. The molecule has 0 spiro atoms. The average molecular weight is 571 g/mol. The van der Waals surface area contributed by atoms with Gasteiger partial charge in [-0.25, -0.2) is 0 Å². The van der Waals surface area contributed by atoms with Crippen LogP contribution in [0.2, 0.25) is 0 Å². The van der Waals surface area contributed by atoms with Gasteiger partial charge >= 0.3 is 29.6 Å². The van der Waals surface area contributed by atoms with E-state index in [2.05, 4.69) is 8.75 Å². The molecule has 3 aromatic carbocycles. The molecule has 4 rings (SSSR count). The van der Waals surface area contributed by atoms with Gasteiger partial charge in [-0.1, -0.05) is 6.07 Å². The largest absolute Gasteiger partial charge is 1.00 e. The number of carboxylic acid groups (broad SMARTS) is 1. The number of carbonyl (C=O) groups is 2. The number of carbonyl (C=O) groups excluding carboxylic acids is 2. The van der Waals surface area contributed by atoms with Gasteiger partial charge in [-0.05, 0) is 73.5 Å². The summed E-state index contributed by atoms with van der Waals surface area (Å²) in [6, 6.07) is 14.8. The van der Waals surface area contributed by atoms with Gasteiger partial charge in [-0.3, -0.25) is 4.79 Å². The monoisotopic (exact) mass is 570 g/mol. The van der Waals surface area contributed by atoms with Gasteiger partial charge in [0, 0.05) is 23.1 Å². The van der Waals surface area contributed by atoms with Gasteiger partial charge < -0.3 is 28.8 Å². The number of hydrogen-bond donors (Lipinski definition) is 0. The third-order valence-corrected chi connectivity index (χ3v) is 6.47. The fourth-order valence-corrected chi connectivity index (χ4v) is 4.73. The molecule has 1 aromatic heterocycles. The first kappa shape index (κ1) is 31.1. The van der Waals surface area contributed by atoms with Crippen molar-refractivity contribution in [2.75, 3.05) is 21.3 Å². The number of benzene rings is 3. The van der Waals surface area contributed by atoms with Crippen molar-refractivity contribution in [2.24, 2.45) is 0 Å². The van der Waals surface area contributed by atoms with Gasteiger partial charge in [0.05, 0.1) is 45.1 Å². The number of ketones is 1. The standard InChI is InChI=1S/C29H28N2O7S.Na/c1-16(2)38-20-9-6-18(7-10-20)27(32)21(12-17-13-24(35-3)28(37-5)25(14-17)36-4)26(29(33)34)19-8-11-22-23(15-19)31-39-30-22;/h6-11,13-16H,12H2,1-5H3,(H,33,34);/q;+1/p-1/b26-21+;. The van der Waals surface area contributed by atoms with E-state index in [9.17, 15) is 14.7 Å². The van der Waals surface area contributed by atoms with E-state index in [-0.39, 0.29) is 58.8 Å².